The number of aliphatic hydroxyl groups excluding tert-OH is 1. The van der Waals surface area contributed by atoms with Crippen molar-refractivity contribution < 1.29 is 5.11 Å². The van der Waals surface area contributed by atoms with Gasteiger partial charge in [0.2, 0.25) is 0 Å². The molecule has 2 aromatic rings. The predicted octanol–water partition coefficient (Wildman–Crippen LogP) is 0.729. The molecule has 2 rings (SSSR count). The minimum Gasteiger partial charge on any atom is -0.388 e. The van der Waals surface area contributed by atoms with Gasteiger partial charge in [0.25, 0.3) is 11.1 Å². The number of aromatic amines is 2. The molecular weight excluding hydrogens is 232 g/mol. The van der Waals surface area contributed by atoms with Gasteiger partial charge in [-0.3, -0.25) is 9.59 Å². The van der Waals surface area contributed by atoms with Crippen molar-refractivity contribution in [3.05, 3.63) is 68.5 Å². The Morgan fingerprint density at radius 2 is 1.72 bits per heavy atom. The van der Waals surface area contributed by atoms with E-state index in [1.807, 2.05) is 0 Å². The summed E-state index contributed by atoms with van der Waals surface area (Å²) in [6, 6.07) is 6.69. The van der Waals surface area contributed by atoms with Gasteiger partial charge in [-0.05, 0) is 31.0 Å². The Hall–Kier alpha value is -2.14. The minimum absolute atomic E-state index is 0.160. The smallest absolute Gasteiger partial charge is 0.253 e. The van der Waals surface area contributed by atoms with E-state index in [0.717, 1.165) is 0 Å². The normalized spacial score (nSPS) is 12.3. The number of rotatable bonds is 4. The first-order valence-corrected chi connectivity index (χ1v) is 5.70. The third-order valence-electron chi connectivity index (χ3n) is 2.79. The second-order valence-electron chi connectivity index (χ2n) is 4.03. The molecule has 18 heavy (non-hydrogen) atoms. The number of hydrogen-bond acceptors (Lipinski definition) is 3. The van der Waals surface area contributed by atoms with Crippen LogP contribution >= 0.6 is 0 Å². The summed E-state index contributed by atoms with van der Waals surface area (Å²) < 4.78 is 0. The highest BCUT2D eigenvalue weighted by Crippen LogP contribution is 2.13. The van der Waals surface area contributed by atoms with E-state index in [2.05, 4.69) is 9.97 Å². The minimum atomic E-state index is -0.866. The van der Waals surface area contributed by atoms with Gasteiger partial charge in [0, 0.05) is 23.5 Å². The Morgan fingerprint density at radius 3 is 2.39 bits per heavy atom. The van der Waals surface area contributed by atoms with E-state index < -0.39 is 6.10 Å². The topological polar surface area (TPSA) is 85.9 Å². The summed E-state index contributed by atoms with van der Waals surface area (Å²) in [5.74, 6) is 0. The lowest BCUT2D eigenvalue weighted by molar-refractivity contribution is 0.166. The number of hydrogen-bond donors (Lipinski definition) is 3. The van der Waals surface area contributed by atoms with Gasteiger partial charge in [-0.25, -0.2) is 0 Å². The first-order valence-electron chi connectivity index (χ1n) is 5.70. The van der Waals surface area contributed by atoms with Crippen molar-refractivity contribution >= 4 is 0 Å². The third-order valence-corrected chi connectivity index (χ3v) is 2.79. The zero-order valence-electron chi connectivity index (χ0n) is 9.72. The molecule has 0 spiro atoms. The van der Waals surface area contributed by atoms with Crippen LogP contribution in [0.1, 0.15) is 23.7 Å². The highest BCUT2D eigenvalue weighted by atomic mass is 16.3. The van der Waals surface area contributed by atoms with E-state index in [0.29, 0.717) is 24.0 Å². The van der Waals surface area contributed by atoms with E-state index in [4.69, 9.17) is 0 Å². The lowest BCUT2D eigenvalue weighted by atomic mass is 10.0. The maximum atomic E-state index is 11.5. The number of aryl methyl sites for hydroxylation is 1. The van der Waals surface area contributed by atoms with Gasteiger partial charge in [-0.15, -0.1) is 0 Å². The summed E-state index contributed by atoms with van der Waals surface area (Å²) in [5, 5.41) is 9.92. The van der Waals surface area contributed by atoms with Gasteiger partial charge in [-0.1, -0.05) is 6.07 Å². The molecule has 0 saturated heterocycles. The fraction of sp³-hybridized carbons (Fsp3) is 0.231. The fourth-order valence-corrected chi connectivity index (χ4v) is 1.80. The second-order valence-corrected chi connectivity index (χ2v) is 4.03. The molecule has 0 fully saturated rings. The standard InChI is InChI=1S/C13H14N2O3/c16-11(10-4-2-8-15-13(10)18)6-5-9-3-1-7-14-12(9)17/h1-4,7-8,11,16H,5-6H2,(H,14,17)(H,15,18). The summed E-state index contributed by atoms with van der Waals surface area (Å²) in [5.41, 5.74) is 0.465. The molecule has 0 aliphatic rings. The maximum Gasteiger partial charge on any atom is 0.253 e. The monoisotopic (exact) mass is 246 g/mol. The van der Waals surface area contributed by atoms with Crippen molar-refractivity contribution in [2.75, 3.05) is 0 Å². The Morgan fingerprint density at radius 1 is 1.06 bits per heavy atom. The third kappa shape index (κ3) is 2.75. The Kier molecular flexibility index (Phi) is 3.74. The molecule has 0 amide bonds. The first-order chi connectivity index (χ1) is 8.68. The van der Waals surface area contributed by atoms with E-state index in [9.17, 15) is 14.7 Å². The molecule has 3 N–H and O–H groups in total. The molecule has 94 valence electrons. The summed E-state index contributed by atoms with van der Waals surface area (Å²) >= 11 is 0. The van der Waals surface area contributed by atoms with Gasteiger partial charge in [-0.2, -0.15) is 0 Å². The lowest BCUT2D eigenvalue weighted by Crippen LogP contribution is -2.17. The van der Waals surface area contributed by atoms with Gasteiger partial charge < -0.3 is 15.1 Å². The van der Waals surface area contributed by atoms with Crippen molar-refractivity contribution in [2.24, 2.45) is 0 Å². The second kappa shape index (κ2) is 5.46. The van der Waals surface area contributed by atoms with Gasteiger partial charge in [0.05, 0.1) is 6.10 Å². The molecule has 2 aromatic heterocycles. The number of aliphatic hydroxyl groups is 1. The quantitative estimate of drug-likeness (QED) is 0.743. The zero-order valence-corrected chi connectivity index (χ0v) is 9.72. The summed E-state index contributed by atoms with van der Waals surface area (Å²) in [7, 11) is 0. The van der Waals surface area contributed by atoms with Gasteiger partial charge >= 0.3 is 0 Å². The van der Waals surface area contributed by atoms with Gasteiger partial charge in [0.1, 0.15) is 0 Å². The lowest BCUT2D eigenvalue weighted by Gasteiger charge is -2.09. The molecule has 0 aliphatic heterocycles. The number of H-pyrrole nitrogens is 2. The SMILES string of the molecule is O=c1[nH]cccc1CCC(O)c1ccc[nH]c1=O. The highest BCUT2D eigenvalue weighted by Gasteiger charge is 2.11. The van der Waals surface area contributed by atoms with Crippen LogP contribution in [0.4, 0.5) is 0 Å². The largest absolute Gasteiger partial charge is 0.388 e. The van der Waals surface area contributed by atoms with Crippen molar-refractivity contribution in [1.82, 2.24) is 9.97 Å². The van der Waals surface area contributed by atoms with Crippen molar-refractivity contribution in [1.29, 1.82) is 0 Å². The molecule has 5 heteroatoms. The Balaban J connectivity index is 2.08. The molecule has 0 saturated carbocycles. The first kappa shape index (κ1) is 12.3. The number of pyridine rings is 2. The summed E-state index contributed by atoms with van der Waals surface area (Å²) in [6.45, 7) is 0. The van der Waals surface area contributed by atoms with Crippen molar-refractivity contribution in [3.8, 4) is 0 Å². The van der Waals surface area contributed by atoms with E-state index in [-0.39, 0.29) is 11.1 Å². The van der Waals surface area contributed by atoms with Crippen LogP contribution in [0.2, 0.25) is 0 Å². The van der Waals surface area contributed by atoms with Crippen LogP contribution < -0.4 is 11.1 Å². The number of aromatic nitrogens is 2. The summed E-state index contributed by atoms with van der Waals surface area (Å²) in [6.07, 6.45) is 2.96. The van der Waals surface area contributed by atoms with Crippen LogP contribution in [0, 0.1) is 0 Å². The molecule has 0 aliphatic carbocycles. The number of nitrogens with one attached hydrogen (secondary N) is 2. The van der Waals surface area contributed by atoms with E-state index >= 15 is 0 Å². The average Bonchev–Trinajstić information content (AvgIpc) is 2.38. The van der Waals surface area contributed by atoms with Crippen LogP contribution in [0.15, 0.2) is 46.2 Å². The predicted molar refractivity (Wildman–Crippen MR) is 67.4 cm³/mol. The molecule has 5 nitrogen and oxygen atoms in total. The molecule has 2 heterocycles. The van der Waals surface area contributed by atoms with Crippen LogP contribution in [0.5, 0.6) is 0 Å². The Bertz CT molecular complexity index is 630. The molecule has 1 unspecified atom stereocenters. The molecule has 0 bridgehead atoms. The molecule has 1 atom stereocenters. The van der Waals surface area contributed by atoms with Gasteiger partial charge in [0.15, 0.2) is 0 Å². The Labute approximate surface area is 103 Å². The maximum absolute atomic E-state index is 11.5. The van der Waals surface area contributed by atoms with Crippen molar-refractivity contribution in [2.45, 2.75) is 18.9 Å². The van der Waals surface area contributed by atoms with Crippen LogP contribution in [0.3, 0.4) is 0 Å². The summed E-state index contributed by atoms with van der Waals surface area (Å²) in [4.78, 5) is 28.0. The van der Waals surface area contributed by atoms with Crippen LogP contribution in [-0.2, 0) is 6.42 Å². The molecular formula is C13H14N2O3. The van der Waals surface area contributed by atoms with Crippen LogP contribution in [0.25, 0.3) is 0 Å². The fourth-order valence-electron chi connectivity index (χ4n) is 1.80. The molecule has 0 aromatic carbocycles. The molecule has 0 radical (unpaired) electrons. The van der Waals surface area contributed by atoms with E-state index in [1.165, 1.54) is 6.20 Å². The average molecular weight is 246 g/mol. The van der Waals surface area contributed by atoms with E-state index in [1.54, 1.807) is 30.5 Å². The zero-order chi connectivity index (χ0) is 13.0. The van der Waals surface area contributed by atoms with Crippen LogP contribution in [-0.4, -0.2) is 15.1 Å². The highest BCUT2D eigenvalue weighted by molar-refractivity contribution is 5.14. The van der Waals surface area contributed by atoms with Crippen molar-refractivity contribution in [3.63, 3.8) is 0 Å².